The van der Waals surface area contributed by atoms with Gasteiger partial charge in [0.15, 0.2) is 0 Å². The fourth-order valence-electron chi connectivity index (χ4n) is 3.22. The molecule has 4 rings (SSSR count). The number of hydrogen-bond acceptors (Lipinski definition) is 5. The second-order valence-corrected chi connectivity index (χ2v) is 6.31. The normalized spacial score (nSPS) is 15.9. The first-order valence-corrected chi connectivity index (χ1v) is 8.27. The maximum Gasteiger partial charge on any atom is 0.269 e. The van der Waals surface area contributed by atoms with E-state index in [-0.39, 0.29) is 23.9 Å². The largest absolute Gasteiger partial charge is 0.324 e. The highest BCUT2D eigenvalue weighted by molar-refractivity contribution is 6.03. The zero-order valence-electron chi connectivity index (χ0n) is 14.3. The van der Waals surface area contributed by atoms with Crippen molar-refractivity contribution < 1.29 is 14.5 Å². The Morgan fingerprint density at radius 3 is 2.85 bits per heavy atom. The Balaban J connectivity index is 1.69. The number of para-hydroxylation sites is 2. The maximum absolute atomic E-state index is 12.9. The number of carbonyl (C=O) groups is 2. The summed E-state index contributed by atoms with van der Waals surface area (Å²) in [4.78, 5) is 39.7. The van der Waals surface area contributed by atoms with Gasteiger partial charge in [-0.05, 0) is 30.7 Å². The number of non-ortho nitro benzene ring substituents is 1. The lowest BCUT2D eigenvalue weighted by Crippen LogP contribution is -2.35. The van der Waals surface area contributed by atoms with E-state index in [1.54, 1.807) is 11.5 Å². The summed E-state index contributed by atoms with van der Waals surface area (Å²) in [6.45, 7) is 1.67. The molecule has 9 heteroatoms. The van der Waals surface area contributed by atoms with Gasteiger partial charge in [0.25, 0.3) is 5.69 Å². The molecule has 2 amide bonds. The number of nitrogens with zero attached hydrogens (tertiary/aromatic N) is 3. The first-order valence-electron chi connectivity index (χ1n) is 8.27. The number of aryl methyl sites for hydroxylation is 1. The number of amides is 2. The summed E-state index contributed by atoms with van der Waals surface area (Å²) in [5.74, 6) is -0.349. The van der Waals surface area contributed by atoms with Crippen molar-refractivity contribution in [1.29, 1.82) is 0 Å². The van der Waals surface area contributed by atoms with E-state index in [0.29, 0.717) is 22.7 Å². The van der Waals surface area contributed by atoms with E-state index in [1.807, 2.05) is 24.3 Å². The highest BCUT2D eigenvalue weighted by atomic mass is 16.6. The molecule has 2 aromatic carbocycles. The van der Waals surface area contributed by atoms with Crippen LogP contribution in [0.1, 0.15) is 18.0 Å². The van der Waals surface area contributed by atoms with Crippen molar-refractivity contribution in [2.45, 2.75) is 19.4 Å². The zero-order valence-corrected chi connectivity index (χ0v) is 14.3. The Bertz CT molecular complexity index is 1100. The average Bonchev–Trinajstić information content (AvgIpc) is 3.00. The number of hydrogen-bond donors (Lipinski definition) is 2. The third-order valence-electron chi connectivity index (χ3n) is 4.52. The van der Waals surface area contributed by atoms with Gasteiger partial charge in [-0.15, -0.1) is 0 Å². The molecule has 0 spiro atoms. The van der Waals surface area contributed by atoms with Crippen LogP contribution in [0.2, 0.25) is 0 Å². The number of nitro benzene ring substituents is 1. The Morgan fingerprint density at radius 1 is 1.33 bits per heavy atom. The SMILES string of the molecule is Cc1cc([N+](=O)[O-])ccc1NC(=O)[C@H]1CC(=O)Nc2nc3ccccc3n21. The van der Waals surface area contributed by atoms with Crippen molar-refractivity contribution in [2.75, 3.05) is 10.6 Å². The van der Waals surface area contributed by atoms with Crippen LogP contribution in [-0.2, 0) is 9.59 Å². The molecular formula is C18H15N5O4. The fraction of sp³-hybridized carbons (Fsp3) is 0.167. The number of aromatic nitrogens is 2. The van der Waals surface area contributed by atoms with Gasteiger partial charge in [-0.1, -0.05) is 12.1 Å². The molecule has 0 unspecified atom stereocenters. The van der Waals surface area contributed by atoms with E-state index in [4.69, 9.17) is 0 Å². The number of fused-ring (bicyclic) bond motifs is 3. The molecule has 2 heterocycles. The molecule has 3 aromatic rings. The number of rotatable bonds is 3. The van der Waals surface area contributed by atoms with Gasteiger partial charge < -0.3 is 5.32 Å². The second-order valence-electron chi connectivity index (χ2n) is 6.31. The monoisotopic (exact) mass is 365 g/mol. The van der Waals surface area contributed by atoms with Gasteiger partial charge in [0.2, 0.25) is 17.8 Å². The van der Waals surface area contributed by atoms with Crippen LogP contribution < -0.4 is 10.6 Å². The van der Waals surface area contributed by atoms with Gasteiger partial charge in [0.05, 0.1) is 22.4 Å². The van der Waals surface area contributed by atoms with E-state index >= 15 is 0 Å². The van der Waals surface area contributed by atoms with Crippen molar-refractivity contribution >= 4 is 40.2 Å². The summed E-state index contributed by atoms with van der Waals surface area (Å²) in [5, 5.41) is 16.3. The lowest BCUT2D eigenvalue weighted by molar-refractivity contribution is -0.384. The summed E-state index contributed by atoms with van der Waals surface area (Å²) in [6.07, 6.45) is -0.0226. The lowest BCUT2D eigenvalue weighted by Gasteiger charge is -2.25. The molecule has 0 fully saturated rings. The minimum Gasteiger partial charge on any atom is -0.324 e. The standard InChI is InChI=1S/C18H15N5O4/c1-10-8-11(23(26)27)6-7-12(10)19-17(25)15-9-16(24)21-18-20-13-4-2-3-5-14(13)22(15)18/h2-8,15H,9H2,1H3,(H,19,25)(H,20,21,24)/t15-/m1/s1. The van der Waals surface area contributed by atoms with Gasteiger partial charge in [0.1, 0.15) is 6.04 Å². The summed E-state index contributed by atoms with van der Waals surface area (Å²) in [7, 11) is 0. The third-order valence-corrected chi connectivity index (χ3v) is 4.52. The van der Waals surface area contributed by atoms with Crippen LogP contribution in [0.15, 0.2) is 42.5 Å². The summed E-state index contributed by atoms with van der Waals surface area (Å²) >= 11 is 0. The van der Waals surface area contributed by atoms with Gasteiger partial charge in [-0.2, -0.15) is 0 Å². The number of benzene rings is 2. The van der Waals surface area contributed by atoms with Gasteiger partial charge in [-0.25, -0.2) is 4.98 Å². The fourth-order valence-corrected chi connectivity index (χ4v) is 3.22. The molecule has 1 atom stereocenters. The van der Waals surface area contributed by atoms with Crippen LogP contribution in [0.3, 0.4) is 0 Å². The summed E-state index contributed by atoms with van der Waals surface area (Å²) in [6, 6.07) is 10.7. The third kappa shape index (κ3) is 2.88. The molecule has 0 bridgehead atoms. The minimum absolute atomic E-state index is 0.0226. The van der Waals surface area contributed by atoms with Gasteiger partial charge >= 0.3 is 0 Å². The Hall–Kier alpha value is -3.75. The summed E-state index contributed by atoms with van der Waals surface area (Å²) < 4.78 is 1.70. The van der Waals surface area contributed by atoms with E-state index in [9.17, 15) is 19.7 Å². The molecule has 2 N–H and O–H groups in total. The van der Waals surface area contributed by atoms with Gasteiger partial charge in [-0.3, -0.25) is 29.6 Å². The molecule has 9 nitrogen and oxygen atoms in total. The zero-order chi connectivity index (χ0) is 19.1. The van der Waals surface area contributed by atoms with Crippen molar-refractivity contribution in [2.24, 2.45) is 0 Å². The molecule has 1 aromatic heterocycles. The van der Waals surface area contributed by atoms with Crippen molar-refractivity contribution in [3.63, 3.8) is 0 Å². The Labute approximate surface area is 153 Å². The Kier molecular flexibility index (Phi) is 3.84. The smallest absolute Gasteiger partial charge is 0.269 e. The molecule has 0 aliphatic carbocycles. The number of nitro groups is 1. The first kappa shape index (κ1) is 16.7. The van der Waals surface area contributed by atoms with Crippen molar-refractivity contribution in [1.82, 2.24) is 9.55 Å². The van der Waals surface area contributed by atoms with Gasteiger partial charge in [0, 0.05) is 17.8 Å². The van der Waals surface area contributed by atoms with Crippen LogP contribution in [-0.4, -0.2) is 26.3 Å². The number of anilines is 2. The van der Waals surface area contributed by atoms with E-state index in [0.717, 1.165) is 5.52 Å². The molecule has 0 saturated carbocycles. The molecule has 0 radical (unpaired) electrons. The van der Waals surface area contributed by atoms with Crippen LogP contribution in [0, 0.1) is 17.0 Å². The Morgan fingerprint density at radius 2 is 2.11 bits per heavy atom. The minimum atomic E-state index is -0.768. The molecule has 136 valence electrons. The first-order chi connectivity index (χ1) is 12.9. The molecule has 0 saturated heterocycles. The van der Waals surface area contributed by atoms with Crippen molar-refractivity contribution in [3.05, 3.63) is 58.1 Å². The van der Waals surface area contributed by atoms with Crippen LogP contribution in [0.5, 0.6) is 0 Å². The maximum atomic E-state index is 12.9. The predicted octanol–water partition coefficient (Wildman–Crippen LogP) is 2.77. The topological polar surface area (TPSA) is 119 Å². The highest BCUT2D eigenvalue weighted by Crippen LogP contribution is 2.31. The number of carbonyl (C=O) groups excluding carboxylic acids is 2. The predicted molar refractivity (Wildman–Crippen MR) is 98.5 cm³/mol. The van der Waals surface area contributed by atoms with Crippen LogP contribution in [0.4, 0.5) is 17.3 Å². The summed E-state index contributed by atoms with van der Waals surface area (Å²) in [5.41, 5.74) is 2.40. The van der Waals surface area contributed by atoms with Crippen LogP contribution >= 0.6 is 0 Å². The molecule has 1 aliphatic heterocycles. The average molecular weight is 365 g/mol. The van der Waals surface area contributed by atoms with Crippen LogP contribution in [0.25, 0.3) is 11.0 Å². The molecule has 1 aliphatic rings. The highest BCUT2D eigenvalue weighted by Gasteiger charge is 2.33. The lowest BCUT2D eigenvalue weighted by atomic mass is 10.1. The molecular weight excluding hydrogens is 350 g/mol. The van der Waals surface area contributed by atoms with Crippen molar-refractivity contribution in [3.8, 4) is 0 Å². The van der Waals surface area contributed by atoms with E-state index in [2.05, 4.69) is 15.6 Å². The van der Waals surface area contributed by atoms with E-state index < -0.39 is 11.0 Å². The quantitative estimate of drug-likeness (QED) is 0.546. The number of imidazole rings is 1. The van der Waals surface area contributed by atoms with E-state index in [1.165, 1.54) is 18.2 Å². The molecule has 27 heavy (non-hydrogen) atoms. The number of nitrogens with one attached hydrogen (secondary N) is 2. The second kappa shape index (κ2) is 6.20.